The summed E-state index contributed by atoms with van der Waals surface area (Å²) < 4.78 is 0. The van der Waals surface area contributed by atoms with Crippen LogP contribution in [-0.2, 0) is 0 Å². The molecule has 4 heteroatoms. The highest BCUT2D eigenvalue weighted by Gasteiger charge is 1.94. The van der Waals surface area contributed by atoms with E-state index in [4.69, 9.17) is 5.11 Å². The van der Waals surface area contributed by atoms with Crippen molar-refractivity contribution < 1.29 is 9.90 Å². The molecule has 0 aliphatic rings. The average Bonchev–Trinajstić information content (AvgIpc) is 2.16. The van der Waals surface area contributed by atoms with E-state index in [1.165, 1.54) is 0 Å². The minimum absolute atomic E-state index is 0.115. The number of hydrogen-bond acceptors (Lipinski definition) is 2. The Bertz CT molecular complexity index is 129. The molecule has 0 saturated carbocycles. The zero-order valence-electron chi connectivity index (χ0n) is 8.31. The minimum Gasteiger partial charge on any atom is -0.396 e. The maximum absolute atomic E-state index is 10.7. The molecule has 0 aliphatic carbocycles. The highest BCUT2D eigenvalue weighted by Crippen LogP contribution is 2.01. The fourth-order valence-corrected chi connectivity index (χ4v) is 1.06. The molecule has 2 amide bonds. The third kappa shape index (κ3) is 9.14. The Morgan fingerprint density at radius 1 is 1.15 bits per heavy atom. The van der Waals surface area contributed by atoms with Gasteiger partial charge >= 0.3 is 6.03 Å². The van der Waals surface area contributed by atoms with Crippen molar-refractivity contribution in [3.05, 3.63) is 0 Å². The van der Waals surface area contributed by atoms with Gasteiger partial charge in [0.1, 0.15) is 0 Å². The van der Waals surface area contributed by atoms with Gasteiger partial charge in [-0.15, -0.1) is 0 Å². The molecule has 78 valence electrons. The number of carbonyl (C=O) groups excluding carboxylic acids is 1. The van der Waals surface area contributed by atoms with Gasteiger partial charge in [0, 0.05) is 20.2 Å². The van der Waals surface area contributed by atoms with E-state index in [9.17, 15) is 4.79 Å². The third-order valence-electron chi connectivity index (χ3n) is 1.85. The molecule has 0 atom stereocenters. The van der Waals surface area contributed by atoms with Gasteiger partial charge in [0.05, 0.1) is 0 Å². The number of amides is 2. The van der Waals surface area contributed by atoms with Crippen LogP contribution in [0.25, 0.3) is 0 Å². The van der Waals surface area contributed by atoms with Gasteiger partial charge in [-0.25, -0.2) is 4.79 Å². The number of hydrogen-bond donors (Lipinski definition) is 3. The molecular formula is C9H20N2O2. The van der Waals surface area contributed by atoms with Crippen LogP contribution in [-0.4, -0.2) is 31.3 Å². The highest BCUT2D eigenvalue weighted by molar-refractivity contribution is 5.73. The summed E-state index contributed by atoms with van der Waals surface area (Å²) in [5.74, 6) is 0. The maximum atomic E-state index is 10.7. The zero-order chi connectivity index (χ0) is 9.94. The lowest BCUT2D eigenvalue weighted by Crippen LogP contribution is -2.33. The second-order valence-electron chi connectivity index (χ2n) is 3.00. The van der Waals surface area contributed by atoms with E-state index in [-0.39, 0.29) is 12.6 Å². The molecule has 0 unspecified atom stereocenters. The second-order valence-corrected chi connectivity index (χ2v) is 3.00. The highest BCUT2D eigenvalue weighted by atomic mass is 16.2. The van der Waals surface area contributed by atoms with E-state index in [0.717, 1.165) is 38.6 Å². The summed E-state index contributed by atoms with van der Waals surface area (Å²) in [6.45, 7) is 1.02. The molecule has 0 spiro atoms. The normalized spacial score (nSPS) is 9.69. The minimum atomic E-state index is -0.115. The van der Waals surface area contributed by atoms with Gasteiger partial charge in [0.15, 0.2) is 0 Å². The smallest absolute Gasteiger partial charge is 0.314 e. The van der Waals surface area contributed by atoms with Gasteiger partial charge in [-0.1, -0.05) is 19.3 Å². The molecule has 0 radical (unpaired) electrons. The molecule has 0 bridgehead atoms. The first kappa shape index (κ1) is 12.2. The lowest BCUT2D eigenvalue weighted by atomic mass is 10.1. The number of carbonyl (C=O) groups is 1. The summed E-state index contributed by atoms with van der Waals surface area (Å²) in [7, 11) is 1.61. The Balaban J connectivity index is 2.95. The van der Waals surface area contributed by atoms with Crippen molar-refractivity contribution in [2.24, 2.45) is 0 Å². The Morgan fingerprint density at radius 2 is 1.77 bits per heavy atom. The first-order chi connectivity index (χ1) is 6.31. The number of unbranched alkanes of at least 4 members (excludes halogenated alkanes) is 4. The summed E-state index contributed by atoms with van der Waals surface area (Å²) >= 11 is 0. The fourth-order valence-electron chi connectivity index (χ4n) is 1.06. The number of aliphatic hydroxyl groups is 1. The van der Waals surface area contributed by atoms with Crippen molar-refractivity contribution >= 4 is 6.03 Å². The van der Waals surface area contributed by atoms with Gasteiger partial charge in [-0.2, -0.15) is 0 Å². The van der Waals surface area contributed by atoms with Crippen molar-refractivity contribution in [3.8, 4) is 0 Å². The largest absolute Gasteiger partial charge is 0.396 e. The van der Waals surface area contributed by atoms with Crippen molar-refractivity contribution in [3.63, 3.8) is 0 Å². The molecule has 0 aromatic rings. The van der Waals surface area contributed by atoms with Crippen LogP contribution in [0.3, 0.4) is 0 Å². The van der Waals surface area contributed by atoms with E-state index in [1.807, 2.05) is 0 Å². The van der Waals surface area contributed by atoms with E-state index < -0.39 is 0 Å². The quantitative estimate of drug-likeness (QED) is 0.519. The summed E-state index contributed by atoms with van der Waals surface area (Å²) in [5.41, 5.74) is 0. The van der Waals surface area contributed by atoms with Gasteiger partial charge in [-0.05, 0) is 12.8 Å². The van der Waals surface area contributed by atoms with E-state index in [2.05, 4.69) is 10.6 Å². The predicted octanol–water partition coefficient (Wildman–Crippen LogP) is 0.858. The number of urea groups is 1. The molecular weight excluding hydrogens is 168 g/mol. The lowest BCUT2D eigenvalue weighted by Gasteiger charge is -2.03. The third-order valence-corrected chi connectivity index (χ3v) is 1.85. The molecule has 3 N–H and O–H groups in total. The van der Waals surface area contributed by atoms with Gasteiger partial charge in [0.25, 0.3) is 0 Å². The lowest BCUT2D eigenvalue weighted by molar-refractivity contribution is 0.242. The zero-order valence-corrected chi connectivity index (χ0v) is 8.31. The molecule has 13 heavy (non-hydrogen) atoms. The first-order valence-electron chi connectivity index (χ1n) is 4.87. The Morgan fingerprint density at radius 3 is 2.38 bits per heavy atom. The molecule has 0 aromatic carbocycles. The average molecular weight is 188 g/mol. The van der Waals surface area contributed by atoms with Crippen LogP contribution in [0.15, 0.2) is 0 Å². The number of rotatable bonds is 7. The van der Waals surface area contributed by atoms with Crippen molar-refractivity contribution in [2.45, 2.75) is 32.1 Å². The molecule has 0 aromatic heterocycles. The van der Waals surface area contributed by atoms with Crippen LogP contribution in [0.4, 0.5) is 4.79 Å². The second kappa shape index (κ2) is 9.32. The standard InChI is InChI=1S/C9H20N2O2/c1-10-9(13)11-7-5-3-2-4-6-8-12/h12H,2-8H2,1H3,(H2,10,11,13). The van der Waals surface area contributed by atoms with Crippen LogP contribution in [0.5, 0.6) is 0 Å². The van der Waals surface area contributed by atoms with E-state index in [0.29, 0.717) is 0 Å². The Kier molecular flexibility index (Phi) is 8.77. The van der Waals surface area contributed by atoms with Gasteiger partial charge < -0.3 is 15.7 Å². The molecule has 0 fully saturated rings. The van der Waals surface area contributed by atoms with E-state index >= 15 is 0 Å². The van der Waals surface area contributed by atoms with Crippen LogP contribution in [0, 0.1) is 0 Å². The predicted molar refractivity (Wildman–Crippen MR) is 52.6 cm³/mol. The molecule has 0 heterocycles. The molecule has 4 nitrogen and oxygen atoms in total. The SMILES string of the molecule is CNC(=O)NCCCCCCCO. The van der Waals surface area contributed by atoms with Crippen LogP contribution >= 0.6 is 0 Å². The van der Waals surface area contributed by atoms with Crippen molar-refractivity contribution in [1.82, 2.24) is 10.6 Å². The van der Waals surface area contributed by atoms with Crippen LogP contribution < -0.4 is 10.6 Å². The fraction of sp³-hybridized carbons (Fsp3) is 0.889. The van der Waals surface area contributed by atoms with Gasteiger partial charge in [-0.3, -0.25) is 0 Å². The van der Waals surface area contributed by atoms with Crippen LogP contribution in [0.1, 0.15) is 32.1 Å². The topological polar surface area (TPSA) is 61.4 Å². The van der Waals surface area contributed by atoms with Gasteiger partial charge in [0.2, 0.25) is 0 Å². The summed E-state index contributed by atoms with van der Waals surface area (Å²) in [6.07, 6.45) is 5.23. The monoisotopic (exact) mass is 188 g/mol. The Hall–Kier alpha value is -0.770. The first-order valence-corrected chi connectivity index (χ1v) is 4.87. The number of aliphatic hydroxyl groups excluding tert-OH is 1. The van der Waals surface area contributed by atoms with E-state index in [1.54, 1.807) is 7.05 Å². The molecule has 0 saturated heterocycles. The Labute approximate surface area is 79.7 Å². The van der Waals surface area contributed by atoms with Crippen molar-refractivity contribution in [1.29, 1.82) is 0 Å². The summed E-state index contributed by atoms with van der Waals surface area (Å²) in [6, 6.07) is -0.115. The van der Waals surface area contributed by atoms with Crippen molar-refractivity contribution in [2.75, 3.05) is 20.2 Å². The van der Waals surface area contributed by atoms with Crippen LogP contribution in [0.2, 0.25) is 0 Å². The number of nitrogens with one attached hydrogen (secondary N) is 2. The maximum Gasteiger partial charge on any atom is 0.314 e. The molecule has 0 aliphatic heterocycles. The summed E-state index contributed by atoms with van der Waals surface area (Å²) in [5, 5.41) is 13.7. The summed E-state index contributed by atoms with van der Waals surface area (Å²) in [4.78, 5) is 10.7. The molecule has 0 rings (SSSR count).